The SMILES string of the molecule is CCCN(CC(=O)O)C(=O)c1cc(Cl)c(N)c(Cl)c1. The van der Waals surface area contributed by atoms with E-state index in [9.17, 15) is 9.59 Å². The van der Waals surface area contributed by atoms with Gasteiger partial charge in [0.1, 0.15) is 6.54 Å². The van der Waals surface area contributed by atoms with Crippen LogP contribution >= 0.6 is 23.2 Å². The minimum Gasteiger partial charge on any atom is -0.480 e. The Bertz CT molecular complexity index is 483. The van der Waals surface area contributed by atoms with Gasteiger partial charge < -0.3 is 15.7 Å². The van der Waals surface area contributed by atoms with Crippen molar-refractivity contribution in [3.8, 4) is 0 Å². The van der Waals surface area contributed by atoms with Crippen molar-refractivity contribution >= 4 is 40.8 Å². The second-order valence-corrected chi connectivity index (χ2v) is 4.79. The number of carbonyl (C=O) groups excluding carboxylic acids is 1. The molecule has 1 rings (SSSR count). The van der Waals surface area contributed by atoms with Crippen molar-refractivity contribution in [3.63, 3.8) is 0 Å². The topological polar surface area (TPSA) is 83.6 Å². The number of nitrogen functional groups attached to an aromatic ring is 1. The highest BCUT2D eigenvalue weighted by Gasteiger charge is 2.19. The van der Waals surface area contributed by atoms with Crippen LogP contribution in [0.3, 0.4) is 0 Å². The maximum atomic E-state index is 12.2. The van der Waals surface area contributed by atoms with E-state index in [4.69, 9.17) is 34.0 Å². The molecule has 0 atom stereocenters. The van der Waals surface area contributed by atoms with E-state index >= 15 is 0 Å². The van der Waals surface area contributed by atoms with Crippen molar-refractivity contribution in [2.24, 2.45) is 0 Å². The van der Waals surface area contributed by atoms with Crippen LogP contribution in [0.25, 0.3) is 0 Å². The summed E-state index contributed by atoms with van der Waals surface area (Å²) >= 11 is 11.7. The lowest BCUT2D eigenvalue weighted by molar-refractivity contribution is -0.137. The normalized spacial score (nSPS) is 10.3. The molecule has 1 aromatic carbocycles. The fraction of sp³-hybridized carbons (Fsp3) is 0.333. The first kappa shape index (κ1) is 15.6. The molecule has 0 unspecified atom stereocenters. The fourth-order valence-corrected chi connectivity index (χ4v) is 2.06. The summed E-state index contributed by atoms with van der Waals surface area (Å²) in [5.41, 5.74) is 6.00. The van der Waals surface area contributed by atoms with Gasteiger partial charge in [0.05, 0.1) is 15.7 Å². The zero-order valence-corrected chi connectivity index (χ0v) is 11.8. The monoisotopic (exact) mass is 304 g/mol. The molecule has 19 heavy (non-hydrogen) atoms. The summed E-state index contributed by atoms with van der Waals surface area (Å²) < 4.78 is 0. The third kappa shape index (κ3) is 4.01. The van der Waals surface area contributed by atoms with Gasteiger partial charge in [0.15, 0.2) is 0 Å². The molecule has 104 valence electrons. The number of aliphatic carboxylic acids is 1. The molecule has 1 aromatic rings. The van der Waals surface area contributed by atoms with Gasteiger partial charge >= 0.3 is 5.97 Å². The molecule has 0 aromatic heterocycles. The van der Waals surface area contributed by atoms with Gasteiger partial charge in [-0.2, -0.15) is 0 Å². The Morgan fingerprint density at radius 1 is 1.32 bits per heavy atom. The summed E-state index contributed by atoms with van der Waals surface area (Å²) in [6.45, 7) is 1.82. The highest BCUT2D eigenvalue weighted by atomic mass is 35.5. The lowest BCUT2D eigenvalue weighted by atomic mass is 10.1. The van der Waals surface area contributed by atoms with Crippen LogP contribution in [0.15, 0.2) is 12.1 Å². The molecule has 0 aliphatic carbocycles. The molecule has 7 heteroatoms. The van der Waals surface area contributed by atoms with Gasteiger partial charge in [0, 0.05) is 12.1 Å². The highest BCUT2D eigenvalue weighted by molar-refractivity contribution is 6.39. The molecular formula is C12H14Cl2N2O3. The molecule has 0 aliphatic heterocycles. The van der Waals surface area contributed by atoms with Crippen molar-refractivity contribution < 1.29 is 14.7 Å². The number of carboxylic acid groups (broad SMARTS) is 1. The maximum absolute atomic E-state index is 12.2. The lowest BCUT2D eigenvalue weighted by Crippen LogP contribution is -2.36. The summed E-state index contributed by atoms with van der Waals surface area (Å²) in [7, 11) is 0. The summed E-state index contributed by atoms with van der Waals surface area (Å²) in [6, 6.07) is 2.77. The third-order valence-electron chi connectivity index (χ3n) is 2.43. The number of carbonyl (C=O) groups is 2. The summed E-state index contributed by atoms with van der Waals surface area (Å²) in [5.74, 6) is -1.51. The number of nitrogens with two attached hydrogens (primary N) is 1. The standard InChI is InChI=1S/C12H14Cl2N2O3/c1-2-3-16(6-10(17)18)12(19)7-4-8(13)11(15)9(14)5-7/h4-5H,2-3,6,15H2,1H3,(H,17,18). The van der Waals surface area contributed by atoms with E-state index < -0.39 is 11.9 Å². The molecule has 5 nitrogen and oxygen atoms in total. The molecule has 0 radical (unpaired) electrons. The minimum atomic E-state index is -1.07. The van der Waals surface area contributed by atoms with Crippen LogP contribution in [0.1, 0.15) is 23.7 Å². The molecule has 0 spiro atoms. The van der Waals surface area contributed by atoms with Gasteiger partial charge in [-0.05, 0) is 18.6 Å². The summed E-state index contributed by atoms with van der Waals surface area (Å²) in [6.07, 6.45) is 0.648. The molecular weight excluding hydrogens is 291 g/mol. The summed E-state index contributed by atoms with van der Waals surface area (Å²) in [4.78, 5) is 24.2. The molecule has 0 aliphatic rings. The predicted octanol–water partition coefficient (Wildman–Crippen LogP) is 2.51. The van der Waals surface area contributed by atoms with Crippen LogP contribution in [0.5, 0.6) is 0 Å². The Kier molecular flexibility index (Phi) is 5.44. The Morgan fingerprint density at radius 3 is 2.26 bits per heavy atom. The van der Waals surface area contributed by atoms with Gasteiger partial charge in [-0.1, -0.05) is 30.1 Å². The molecule has 0 heterocycles. The van der Waals surface area contributed by atoms with Gasteiger partial charge in [0.25, 0.3) is 5.91 Å². The number of carboxylic acids is 1. The van der Waals surface area contributed by atoms with Crippen LogP contribution in [0.4, 0.5) is 5.69 Å². The van der Waals surface area contributed by atoms with E-state index in [1.807, 2.05) is 6.92 Å². The van der Waals surface area contributed by atoms with Crippen LogP contribution < -0.4 is 5.73 Å². The van der Waals surface area contributed by atoms with Gasteiger partial charge in [-0.3, -0.25) is 9.59 Å². The molecule has 0 bridgehead atoms. The van der Waals surface area contributed by atoms with E-state index in [0.29, 0.717) is 13.0 Å². The van der Waals surface area contributed by atoms with Crippen molar-refractivity contribution in [1.29, 1.82) is 0 Å². The van der Waals surface area contributed by atoms with E-state index in [1.165, 1.54) is 17.0 Å². The Hall–Kier alpha value is -1.46. The second-order valence-electron chi connectivity index (χ2n) is 3.97. The zero-order valence-electron chi connectivity index (χ0n) is 10.3. The van der Waals surface area contributed by atoms with Crippen LogP contribution in [0.2, 0.25) is 10.0 Å². The first-order valence-electron chi connectivity index (χ1n) is 5.62. The van der Waals surface area contributed by atoms with Gasteiger partial charge in [0.2, 0.25) is 0 Å². The van der Waals surface area contributed by atoms with Crippen LogP contribution in [-0.2, 0) is 4.79 Å². The number of nitrogens with zero attached hydrogens (tertiary/aromatic N) is 1. The number of hydrogen-bond acceptors (Lipinski definition) is 3. The molecule has 0 saturated heterocycles. The quantitative estimate of drug-likeness (QED) is 0.819. The van der Waals surface area contributed by atoms with E-state index in [0.717, 1.165) is 0 Å². The van der Waals surface area contributed by atoms with Crippen LogP contribution in [0, 0.1) is 0 Å². The molecule has 1 amide bonds. The number of amides is 1. The Balaban J connectivity index is 3.05. The Morgan fingerprint density at radius 2 is 1.84 bits per heavy atom. The fourth-order valence-electron chi connectivity index (χ4n) is 1.58. The number of rotatable bonds is 5. The number of anilines is 1. The predicted molar refractivity (Wildman–Crippen MR) is 74.7 cm³/mol. The van der Waals surface area contributed by atoms with Crippen LogP contribution in [-0.4, -0.2) is 35.0 Å². The number of halogens is 2. The highest BCUT2D eigenvalue weighted by Crippen LogP contribution is 2.29. The largest absolute Gasteiger partial charge is 0.480 e. The Labute approximate surface area is 120 Å². The van der Waals surface area contributed by atoms with E-state index in [2.05, 4.69) is 0 Å². The van der Waals surface area contributed by atoms with E-state index in [-0.39, 0.29) is 27.8 Å². The smallest absolute Gasteiger partial charge is 0.323 e. The van der Waals surface area contributed by atoms with Crippen molar-refractivity contribution in [2.75, 3.05) is 18.8 Å². The minimum absolute atomic E-state index is 0.169. The maximum Gasteiger partial charge on any atom is 0.323 e. The van der Waals surface area contributed by atoms with Crippen molar-refractivity contribution in [3.05, 3.63) is 27.7 Å². The zero-order chi connectivity index (χ0) is 14.6. The van der Waals surface area contributed by atoms with Gasteiger partial charge in [-0.25, -0.2) is 0 Å². The molecule has 3 N–H and O–H groups in total. The first-order chi connectivity index (χ1) is 8.86. The third-order valence-corrected chi connectivity index (χ3v) is 3.06. The number of benzene rings is 1. The average Bonchev–Trinajstić information content (AvgIpc) is 2.33. The average molecular weight is 305 g/mol. The summed E-state index contributed by atoms with van der Waals surface area (Å²) in [5, 5.41) is 9.13. The van der Waals surface area contributed by atoms with Crippen molar-refractivity contribution in [1.82, 2.24) is 4.90 Å². The van der Waals surface area contributed by atoms with Crippen molar-refractivity contribution in [2.45, 2.75) is 13.3 Å². The lowest BCUT2D eigenvalue weighted by Gasteiger charge is -2.20. The molecule has 0 saturated carbocycles. The van der Waals surface area contributed by atoms with E-state index in [1.54, 1.807) is 0 Å². The molecule has 0 fully saturated rings. The second kappa shape index (κ2) is 6.63. The number of hydrogen-bond donors (Lipinski definition) is 2. The first-order valence-corrected chi connectivity index (χ1v) is 6.38. The van der Waals surface area contributed by atoms with Gasteiger partial charge in [-0.15, -0.1) is 0 Å².